The second-order valence-electron chi connectivity index (χ2n) is 6.28. The Morgan fingerprint density at radius 3 is 2.35 bits per heavy atom. The maximum absolute atomic E-state index is 12.4. The molecule has 6 nitrogen and oxygen atoms in total. The van der Waals surface area contributed by atoms with Crippen LogP contribution in [0.3, 0.4) is 0 Å². The van der Waals surface area contributed by atoms with Gasteiger partial charge in [-0.2, -0.15) is 0 Å². The van der Waals surface area contributed by atoms with E-state index in [9.17, 15) is 16.8 Å². The van der Waals surface area contributed by atoms with Crippen molar-refractivity contribution in [2.45, 2.75) is 51.5 Å². The first-order valence-corrected chi connectivity index (χ1v) is 10.8. The highest BCUT2D eigenvalue weighted by Crippen LogP contribution is 2.31. The summed E-state index contributed by atoms with van der Waals surface area (Å²) >= 11 is 0. The Bertz CT molecular complexity index is 799. The monoisotopic (exact) mass is 360 g/mol. The van der Waals surface area contributed by atoms with Crippen LogP contribution < -0.4 is 9.03 Å². The molecule has 0 bridgehead atoms. The first kappa shape index (κ1) is 18.2. The van der Waals surface area contributed by atoms with Crippen molar-refractivity contribution >= 4 is 25.7 Å². The molecule has 130 valence electrons. The minimum Gasteiger partial charge on any atom is -0.270 e. The molecule has 0 amide bonds. The minimum atomic E-state index is -3.61. The van der Waals surface area contributed by atoms with Gasteiger partial charge in [-0.25, -0.2) is 21.6 Å². The van der Waals surface area contributed by atoms with Gasteiger partial charge in [-0.05, 0) is 63.8 Å². The van der Waals surface area contributed by atoms with Crippen molar-refractivity contribution in [3.05, 3.63) is 23.3 Å². The third-order valence-electron chi connectivity index (χ3n) is 3.79. The lowest BCUT2D eigenvalue weighted by molar-refractivity contribution is 0.569. The lowest BCUT2D eigenvalue weighted by Gasteiger charge is -2.30. The van der Waals surface area contributed by atoms with Gasteiger partial charge in [0, 0.05) is 12.6 Å². The third-order valence-corrected chi connectivity index (χ3v) is 7.45. The molecular weight excluding hydrogens is 336 g/mol. The van der Waals surface area contributed by atoms with E-state index in [1.807, 2.05) is 0 Å². The third kappa shape index (κ3) is 3.87. The maximum atomic E-state index is 12.4. The van der Waals surface area contributed by atoms with Gasteiger partial charge in [0.1, 0.15) is 0 Å². The Kier molecular flexibility index (Phi) is 5.08. The second-order valence-corrected chi connectivity index (χ2v) is 9.97. The highest BCUT2D eigenvalue weighted by molar-refractivity contribution is 7.92. The van der Waals surface area contributed by atoms with E-state index in [-0.39, 0.29) is 16.7 Å². The van der Waals surface area contributed by atoms with Gasteiger partial charge in [0.15, 0.2) is 0 Å². The molecule has 1 aromatic rings. The Morgan fingerprint density at radius 1 is 1.13 bits per heavy atom. The lowest BCUT2D eigenvalue weighted by atomic mass is 10.1. The molecule has 0 radical (unpaired) electrons. The van der Waals surface area contributed by atoms with Gasteiger partial charge in [-0.3, -0.25) is 4.31 Å². The van der Waals surface area contributed by atoms with Gasteiger partial charge >= 0.3 is 0 Å². The fourth-order valence-corrected chi connectivity index (χ4v) is 6.02. The van der Waals surface area contributed by atoms with Crippen LogP contribution in [0.4, 0.5) is 5.69 Å². The number of hydrogen-bond acceptors (Lipinski definition) is 4. The van der Waals surface area contributed by atoms with Crippen LogP contribution in [0.25, 0.3) is 0 Å². The smallest absolute Gasteiger partial charge is 0.241 e. The fourth-order valence-electron chi connectivity index (χ4n) is 2.77. The maximum Gasteiger partial charge on any atom is 0.241 e. The van der Waals surface area contributed by atoms with Gasteiger partial charge in [-0.1, -0.05) is 0 Å². The number of anilines is 1. The van der Waals surface area contributed by atoms with Crippen LogP contribution in [0.5, 0.6) is 0 Å². The molecule has 0 aliphatic carbocycles. The predicted octanol–water partition coefficient (Wildman–Crippen LogP) is 1.92. The topological polar surface area (TPSA) is 83.6 Å². The zero-order valence-electron chi connectivity index (χ0n) is 14.0. The first-order chi connectivity index (χ1) is 10.5. The Morgan fingerprint density at radius 2 is 1.78 bits per heavy atom. The summed E-state index contributed by atoms with van der Waals surface area (Å²) in [5.41, 5.74) is 1.76. The van der Waals surface area contributed by atoms with Crippen LogP contribution in [0.1, 0.15) is 37.8 Å². The largest absolute Gasteiger partial charge is 0.270 e. The quantitative estimate of drug-likeness (QED) is 0.889. The molecule has 8 heteroatoms. The van der Waals surface area contributed by atoms with E-state index in [1.54, 1.807) is 39.8 Å². The average Bonchev–Trinajstić information content (AvgIpc) is 2.39. The SMILES string of the molecule is Cc1cc(S(=O)(=O)NC(C)C)c(C)cc1N1CCCCS1(=O)=O. The fraction of sp³-hybridized carbons (Fsp3) is 0.600. The van der Waals surface area contributed by atoms with Gasteiger partial charge in [0.05, 0.1) is 16.3 Å². The molecule has 0 atom stereocenters. The molecule has 23 heavy (non-hydrogen) atoms. The summed E-state index contributed by atoms with van der Waals surface area (Å²) in [7, 11) is -6.92. The molecular formula is C15H24N2O4S2. The number of rotatable bonds is 4. The summed E-state index contributed by atoms with van der Waals surface area (Å²) in [4.78, 5) is 0.196. The van der Waals surface area contributed by atoms with Gasteiger partial charge in [0.2, 0.25) is 20.0 Å². The van der Waals surface area contributed by atoms with Crippen molar-refractivity contribution < 1.29 is 16.8 Å². The molecule has 2 rings (SSSR count). The molecule has 0 unspecified atom stereocenters. The van der Waals surface area contributed by atoms with E-state index in [0.29, 0.717) is 29.8 Å². The number of hydrogen-bond donors (Lipinski definition) is 1. The van der Waals surface area contributed by atoms with E-state index >= 15 is 0 Å². The molecule has 1 aromatic carbocycles. The number of benzene rings is 1. The average molecular weight is 361 g/mol. The zero-order valence-corrected chi connectivity index (χ0v) is 15.6. The van der Waals surface area contributed by atoms with Crippen molar-refractivity contribution in [1.29, 1.82) is 0 Å². The summed E-state index contributed by atoms with van der Waals surface area (Å²) in [6.45, 7) is 7.39. The second kappa shape index (κ2) is 6.41. The molecule has 1 heterocycles. The van der Waals surface area contributed by atoms with Crippen molar-refractivity contribution in [1.82, 2.24) is 4.72 Å². The number of aryl methyl sites for hydroxylation is 2. The summed E-state index contributed by atoms with van der Waals surface area (Å²) in [5, 5.41) is 0. The summed E-state index contributed by atoms with van der Waals surface area (Å²) < 4.78 is 53.3. The van der Waals surface area contributed by atoms with Crippen LogP contribution in [-0.2, 0) is 20.0 Å². The first-order valence-electron chi connectivity index (χ1n) is 7.68. The number of nitrogens with zero attached hydrogens (tertiary/aromatic N) is 1. The van der Waals surface area contributed by atoms with Crippen LogP contribution in [-0.4, -0.2) is 35.2 Å². The van der Waals surface area contributed by atoms with Crippen molar-refractivity contribution in [2.75, 3.05) is 16.6 Å². The van der Waals surface area contributed by atoms with Crippen LogP contribution in [0.15, 0.2) is 17.0 Å². The molecule has 0 spiro atoms. The minimum absolute atomic E-state index is 0.139. The van der Waals surface area contributed by atoms with E-state index < -0.39 is 20.0 Å². The van der Waals surface area contributed by atoms with E-state index in [4.69, 9.17) is 0 Å². The van der Waals surface area contributed by atoms with Gasteiger partial charge in [-0.15, -0.1) is 0 Å². The Labute approximate surface area is 139 Å². The summed E-state index contributed by atoms with van der Waals surface area (Å²) in [5.74, 6) is 0.139. The van der Waals surface area contributed by atoms with Crippen molar-refractivity contribution in [3.8, 4) is 0 Å². The molecule has 0 aromatic heterocycles. The Balaban J connectivity index is 2.50. The highest BCUT2D eigenvalue weighted by Gasteiger charge is 2.28. The summed E-state index contributed by atoms with van der Waals surface area (Å²) in [6, 6.07) is 3.01. The van der Waals surface area contributed by atoms with Crippen LogP contribution in [0, 0.1) is 13.8 Å². The normalized spacial score (nSPS) is 18.4. The molecule has 1 aliphatic rings. The van der Waals surface area contributed by atoms with Crippen LogP contribution >= 0.6 is 0 Å². The van der Waals surface area contributed by atoms with Gasteiger partial charge in [0.25, 0.3) is 0 Å². The van der Waals surface area contributed by atoms with E-state index in [0.717, 1.165) is 6.42 Å². The molecule has 0 saturated carbocycles. The van der Waals surface area contributed by atoms with Crippen molar-refractivity contribution in [2.24, 2.45) is 0 Å². The zero-order chi connectivity index (χ0) is 17.4. The number of nitrogens with one attached hydrogen (secondary N) is 1. The standard InChI is InChI=1S/C15H24N2O4S2/c1-11(2)16-23(20,21)15-10-12(3)14(9-13(15)4)17-7-5-6-8-22(17,18)19/h9-11,16H,5-8H2,1-4H3. The summed E-state index contributed by atoms with van der Waals surface area (Å²) in [6.07, 6.45) is 1.48. The van der Waals surface area contributed by atoms with E-state index in [1.165, 1.54) is 4.31 Å². The van der Waals surface area contributed by atoms with Gasteiger partial charge < -0.3 is 0 Å². The molecule has 1 fully saturated rings. The predicted molar refractivity (Wildman–Crippen MR) is 91.7 cm³/mol. The molecule has 1 aliphatic heterocycles. The van der Waals surface area contributed by atoms with Crippen molar-refractivity contribution in [3.63, 3.8) is 0 Å². The number of sulfonamides is 2. The Hall–Kier alpha value is -1.12. The van der Waals surface area contributed by atoms with Crippen LogP contribution in [0.2, 0.25) is 0 Å². The molecule has 1 N–H and O–H groups in total. The van der Waals surface area contributed by atoms with E-state index in [2.05, 4.69) is 4.72 Å². The molecule has 1 saturated heterocycles. The lowest BCUT2D eigenvalue weighted by Crippen LogP contribution is -2.38. The highest BCUT2D eigenvalue weighted by atomic mass is 32.2.